The number of hydrogen-bond donors (Lipinski definition) is 7. The molecular formula is C27H46O10S. The van der Waals surface area contributed by atoms with Crippen LogP contribution in [0.1, 0.15) is 78.6 Å². The first-order chi connectivity index (χ1) is 17.4. The zero-order valence-electron chi connectivity index (χ0n) is 22.7. The molecular weight excluding hydrogens is 516 g/mol. The van der Waals surface area contributed by atoms with Crippen molar-refractivity contribution in [3.63, 3.8) is 0 Å². The maximum atomic E-state index is 12.6. The van der Waals surface area contributed by atoms with E-state index in [0.29, 0.717) is 50.5 Å². The van der Waals surface area contributed by atoms with Crippen LogP contribution in [0, 0.1) is 34.5 Å². The molecule has 0 aliphatic heterocycles. The van der Waals surface area contributed by atoms with Gasteiger partial charge in [0.2, 0.25) is 0 Å². The van der Waals surface area contributed by atoms with E-state index in [4.69, 9.17) is 4.18 Å². The Kier molecular flexibility index (Phi) is 8.00. The third-order valence-corrected chi connectivity index (χ3v) is 12.0. The highest BCUT2D eigenvalue weighted by atomic mass is 32.3. The Balaban J connectivity index is 1.74. The maximum absolute atomic E-state index is 12.6. The summed E-state index contributed by atoms with van der Waals surface area (Å²) >= 11 is 0. The van der Waals surface area contributed by atoms with Gasteiger partial charge in [-0.25, -0.2) is 4.18 Å². The molecule has 0 radical (unpaired) electrons. The van der Waals surface area contributed by atoms with Crippen molar-refractivity contribution in [1.29, 1.82) is 0 Å². The molecule has 220 valence electrons. The monoisotopic (exact) mass is 562 g/mol. The molecule has 7 N–H and O–H groups in total. The first kappa shape index (κ1) is 30.3. The van der Waals surface area contributed by atoms with Crippen LogP contribution in [0.4, 0.5) is 0 Å². The van der Waals surface area contributed by atoms with E-state index in [1.54, 1.807) is 0 Å². The van der Waals surface area contributed by atoms with Gasteiger partial charge < -0.3 is 30.6 Å². The topological polar surface area (TPSA) is 185 Å². The van der Waals surface area contributed by atoms with Crippen molar-refractivity contribution in [3.05, 3.63) is 12.2 Å². The Morgan fingerprint density at radius 2 is 1.76 bits per heavy atom. The number of aliphatic hydroxyl groups excluding tert-OH is 4. The second-order valence-electron chi connectivity index (χ2n) is 13.3. The molecule has 12 atom stereocenters. The lowest BCUT2D eigenvalue weighted by Crippen LogP contribution is -2.77. The summed E-state index contributed by atoms with van der Waals surface area (Å²) in [4.78, 5) is 0. The van der Waals surface area contributed by atoms with Crippen molar-refractivity contribution in [2.24, 2.45) is 34.5 Å². The molecule has 0 amide bonds. The van der Waals surface area contributed by atoms with Crippen LogP contribution in [0.25, 0.3) is 0 Å². The van der Waals surface area contributed by atoms with Crippen LogP contribution in [-0.2, 0) is 14.6 Å². The summed E-state index contributed by atoms with van der Waals surface area (Å²) in [5, 5.41) is 66.3. The summed E-state index contributed by atoms with van der Waals surface area (Å²) < 4.78 is 38.7. The molecule has 4 saturated carbocycles. The van der Waals surface area contributed by atoms with Crippen molar-refractivity contribution in [2.45, 2.75) is 114 Å². The molecule has 0 spiro atoms. The molecule has 0 aromatic heterocycles. The standard InChI is InChI=1S/C27H46O10S/c1-15(5-6-20(30)16(2)14-28)18-12-23(37-38(34,35)36)27(33)25(18,4)10-8-22-24(3)9-7-17(29)11-19(24)21(31)13-26(22,27)32/h15,17-23,28-33H,2,5-14H2,1,3-4H3,(H,34,35,36). The molecule has 0 bridgehead atoms. The lowest BCUT2D eigenvalue weighted by molar-refractivity contribution is -0.328. The van der Waals surface area contributed by atoms with Gasteiger partial charge in [-0.15, -0.1) is 0 Å². The van der Waals surface area contributed by atoms with Gasteiger partial charge >= 0.3 is 10.4 Å². The van der Waals surface area contributed by atoms with E-state index >= 15 is 0 Å². The van der Waals surface area contributed by atoms with Crippen molar-refractivity contribution in [2.75, 3.05) is 6.61 Å². The summed E-state index contributed by atoms with van der Waals surface area (Å²) in [7, 11) is -4.98. The lowest BCUT2D eigenvalue weighted by Gasteiger charge is -2.68. The molecule has 10 nitrogen and oxygen atoms in total. The van der Waals surface area contributed by atoms with E-state index in [9.17, 15) is 43.6 Å². The normalized spacial score (nSPS) is 48.5. The van der Waals surface area contributed by atoms with Crippen molar-refractivity contribution >= 4 is 10.4 Å². The van der Waals surface area contributed by atoms with Gasteiger partial charge in [0.05, 0.1) is 24.9 Å². The first-order valence-corrected chi connectivity index (χ1v) is 15.2. The largest absolute Gasteiger partial charge is 0.397 e. The van der Waals surface area contributed by atoms with Crippen molar-refractivity contribution in [3.8, 4) is 0 Å². The number of rotatable bonds is 8. The third-order valence-electron chi connectivity index (χ3n) is 11.5. The zero-order valence-corrected chi connectivity index (χ0v) is 23.5. The van der Waals surface area contributed by atoms with E-state index in [0.717, 1.165) is 0 Å². The molecule has 4 rings (SSSR count). The SMILES string of the molecule is C=C(CO)C(O)CCC(C)C1CC(OS(=O)(=O)O)C2(O)C1(C)CCC1C3(C)CCC(O)CC3C(O)CC12O. The van der Waals surface area contributed by atoms with Gasteiger partial charge in [0.25, 0.3) is 0 Å². The Labute approximate surface area is 225 Å². The summed E-state index contributed by atoms with van der Waals surface area (Å²) in [6.45, 7) is 9.07. The van der Waals surface area contributed by atoms with E-state index in [1.807, 2.05) is 20.8 Å². The fraction of sp³-hybridized carbons (Fsp3) is 0.926. The summed E-state index contributed by atoms with van der Waals surface area (Å²) in [5.74, 6) is -1.24. The van der Waals surface area contributed by atoms with Gasteiger partial charge in [-0.1, -0.05) is 27.4 Å². The zero-order chi connectivity index (χ0) is 28.5. The second kappa shape index (κ2) is 10.0. The molecule has 0 heterocycles. The predicted octanol–water partition coefficient (Wildman–Crippen LogP) is 1.33. The molecule has 0 aromatic rings. The van der Waals surface area contributed by atoms with Crippen LogP contribution < -0.4 is 0 Å². The van der Waals surface area contributed by atoms with Gasteiger partial charge in [-0.3, -0.25) is 4.55 Å². The van der Waals surface area contributed by atoms with Crippen molar-refractivity contribution in [1.82, 2.24) is 0 Å². The van der Waals surface area contributed by atoms with Crippen LogP contribution >= 0.6 is 0 Å². The average Bonchev–Trinajstić information content (AvgIpc) is 3.05. The third kappa shape index (κ3) is 4.50. The molecule has 4 aliphatic rings. The average molecular weight is 563 g/mol. The first-order valence-electron chi connectivity index (χ1n) is 13.9. The number of fused-ring (bicyclic) bond motifs is 5. The molecule has 11 heteroatoms. The Bertz CT molecular complexity index is 1020. The summed E-state index contributed by atoms with van der Waals surface area (Å²) in [6, 6.07) is 0. The van der Waals surface area contributed by atoms with Crippen molar-refractivity contribution < 1.29 is 47.8 Å². The molecule has 0 aromatic carbocycles. The molecule has 12 unspecified atom stereocenters. The fourth-order valence-electron chi connectivity index (χ4n) is 9.46. The minimum Gasteiger partial charge on any atom is -0.393 e. The fourth-order valence-corrected chi connectivity index (χ4v) is 9.97. The molecule has 0 saturated heterocycles. The van der Waals surface area contributed by atoms with E-state index in [1.165, 1.54) is 0 Å². The quantitative estimate of drug-likeness (QED) is 0.168. The van der Waals surface area contributed by atoms with Gasteiger partial charge in [0.15, 0.2) is 0 Å². The number of aliphatic hydroxyl groups is 6. The van der Waals surface area contributed by atoms with Crippen LogP contribution in [0.3, 0.4) is 0 Å². The van der Waals surface area contributed by atoms with Gasteiger partial charge in [0, 0.05) is 11.8 Å². The van der Waals surface area contributed by atoms with Gasteiger partial charge in [-0.2, -0.15) is 8.42 Å². The van der Waals surface area contributed by atoms with Crippen LogP contribution in [0.2, 0.25) is 0 Å². The summed E-state index contributed by atoms with van der Waals surface area (Å²) in [5.41, 5.74) is -5.32. The summed E-state index contributed by atoms with van der Waals surface area (Å²) in [6.07, 6.45) is -0.824. The van der Waals surface area contributed by atoms with E-state index in [-0.39, 0.29) is 37.2 Å². The maximum Gasteiger partial charge on any atom is 0.397 e. The smallest absolute Gasteiger partial charge is 0.393 e. The second-order valence-corrected chi connectivity index (χ2v) is 14.3. The highest BCUT2D eigenvalue weighted by molar-refractivity contribution is 7.80. The minimum absolute atomic E-state index is 0.0506. The predicted molar refractivity (Wildman–Crippen MR) is 138 cm³/mol. The van der Waals surface area contributed by atoms with Gasteiger partial charge in [-0.05, 0) is 86.0 Å². The Morgan fingerprint density at radius 3 is 2.37 bits per heavy atom. The highest BCUT2D eigenvalue weighted by Gasteiger charge is 2.79. The van der Waals surface area contributed by atoms with E-state index < -0.39 is 62.8 Å². The van der Waals surface area contributed by atoms with Crippen LogP contribution in [0.15, 0.2) is 12.2 Å². The minimum atomic E-state index is -4.98. The van der Waals surface area contributed by atoms with E-state index in [2.05, 4.69) is 6.58 Å². The lowest BCUT2D eigenvalue weighted by atomic mass is 9.40. The molecule has 4 aliphatic carbocycles. The Hall–Kier alpha value is -0.630. The van der Waals surface area contributed by atoms with Gasteiger partial charge in [0.1, 0.15) is 17.3 Å². The van der Waals surface area contributed by atoms with Crippen LogP contribution in [-0.4, -0.2) is 85.8 Å². The Morgan fingerprint density at radius 1 is 1.11 bits per heavy atom. The molecule has 4 fully saturated rings. The molecule has 38 heavy (non-hydrogen) atoms. The number of hydrogen-bond acceptors (Lipinski definition) is 9. The highest BCUT2D eigenvalue weighted by Crippen LogP contribution is 2.71. The van der Waals surface area contributed by atoms with Crippen LogP contribution in [0.5, 0.6) is 0 Å².